The van der Waals surface area contributed by atoms with Crippen LogP contribution < -0.4 is 19.5 Å². The number of likely N-dealkylation sites (N-methyl/N-ethyl adjacent to an activating group) is 1. The van der Waals surface area contributed by atoms with Gasteiger partial charge in [0, 0.05) is 17.5 Å². The molecule has 1 N–H and O–H groups in total. The second kappa shape index (κ2) is 10.5. The van der Waals surface area contributed by atoms with E-state index in [9.17, 15) is 9.59 Å². The average molecular weight is 550 g/mol. The van der Waals surface area contributed by atoms with E-state index in [4.69, 9.17) is 14.2 Å². The summed E-state index contributed by atoms with van der Waals surface area (Å²) in [6.45, 7) is 0. The Bertz CT molecular complexity index is 1520. The van der Waals surface area contributed by atoms with Gasteiger partial charge < -0.3 is 24.4 Å². The van der Waals surface area contributed by atoms with E-state index in [0.29, 0.717) is 27.8 Å². The monoisotopic (exact) mass is 549 g/mol. The van der Waals surface area contributed by atoms with Crippen LogP contribution in [0.5, 0.6) is 17.2 Å². The lowest BCUT2D eigenvalue weighted by Gasteiger charge is -2.40. The Balaban J connectivity index is 1.62. The molecule has 1 aliphatic rings. The number of aromatic nitrogens is 1. The maximum absolute atomic E-state index is 14.1. The molecule has 0 saturated carbocycles. The fraction of sp³-hybridized carbons (Fsp3) is 0.250. The Morgan fingerprint density at radius 2 is 1.71 bits per heavy atom. The first-order chi connectivity index (χ1) is 18.4. The number of carbonyl (C=O) groups excluding carboxylic acids is 2. The van der Waals surface area contributed by atoms with Gasteiger partial charge in [-0.05, 0) is 59.8 Å². The number of nitrogens with zero attached hydrogens (tertiary/aromatic N) is 2. The average Bonchev–Trinajstić information content (AvgIpc) is 3.35. The highest BCUT2D eigenvalue weighted by Gasteiger charge is 2.43. The molecule has 4 aromatic rings. The lowest BCUT2D eigenvalue weighted by Crippen LogP contribution is -2.44. The van der Waals surface area contributed by atoms with Crippen molar-refractivity contribution in [3.05, 3.63) is 71.3 Å². The SMILES string of the molecule is COc1ccc2nc(NC(=O)[C@@H]3c4cc(OC)c(OC)cc4C(=O)N(C)[C@H]3c3ccc(SC)cc3)sc2c1. The number of thiazole rings is 1. The molecular weight excluding hydrogens is 522 g/mol. The summed E-state index contributed by atoms with van der Waals surface area (Å²) in [5.74, 6) is 0.392. The van der Waals surface area contributed by atoms with E-state index in [-0.39, 0.29) is 11.8 Å². The zero-order valence-corrected chi connectivity index (χ0v) is 23.2. The van der Waals surface area contributed by atoms with Crippen molar-refractivity contribution in [2.75, 3.05) is 39.9 Å². The Hall–Kier alpha value is -3.76. The van der Waals surface area contributed by atoms with Gasteiger partial charge in [-0.2, -0.15) is 0 Å². The molecule has 8 nitrogen and oxygen atoms in total. The number of hydrogen-bond acceptors (Lipinski definition) is 8. The molecule has 1 aliphatic heterocycles. The first-order valence-corrected chi connectivity index (χ1v) is 13.8. The molecule has 0 radical (unpaired) electrons. The zero-order valence-electron chi connectivity index (χ0n) is 21.6. The third kappa shape index (κ3) is 4.54. The van der Waals surface area contributed by atoms with E-state index in [2.05, 4.69) is 10.3 Å². The Kier molecular flexibility index (Phi) is 7.18. The number of carbonyl (C=O) groups is 2. The van der Waals surface area contributed by atoms with Crippen LogP contribution in [0.3, 0.4) is 0 Å². The molecule has 2 atom stereocenters. The van der Waals surface area contributed by atoms with Gasteiger partial charge in [0.05, 0.1) is 43.5 Å². The summed E-state index contributed by atoms with van der Waals surface area (Å²) in [5.41, 5.74) is 2.59. The lowest BCUT2D eigenvalue weighted by atomic mass is 9.79. The summed E-state index contributed by atoms with van der Waals surface area (Å²) in [4.78, 5) is 34.9. The van der Waals surface area contributed by atoms with Crippen LogP contribution in [0, 0.1) is 0 Å². The third-order valence-corrected chi connectivity index (χ3v) is 8.42. The first kappa shape index (κ1) is 25.9. The van der Waals surface area contributed by atoms with Crippen LogP contribution in [0.4, 0.5) is 5.13 Å². The van der Waals surface area contributed by atoms with Gasteiger partial charge in [-0.1, -0.05) is 23.5 Å². The van der Waals surface area contributed by atoms with E-state index in [1.165, 1.54) is 25.6 Å². The van der Waals surface area contributed by atoms with Crippen molar-refractivity contribution < 1.29 is 23.8 Å². The highest BCUT2D eigenvalue weighted by atomic mass is 32.2. The number of anilines is 1. The largest absolute Gasteiger partial charge is 0.497 e. The second-order valence-electron chi connectivity index (χ2n) is 8.75. The molecule has 0 fully saturated rings. The van der Waals surface area contributed by atoms with Crippen molar-refractivity contribution >= 4 is 50.3 Å². The summed E-state index contributed by atoms with van der Waals surface area (Å²) in [7, 11) is 6.38. The summed E-state index contributed by atoms with van der Waals surface area (Å²) >= 11 is 3.00. The molecule has 0 saturated heterocycles. The number of methoxy groups -OCH3 is 3. The normalized spacial score (nSPS) is 16.8. The van der Waals surface area contributed by atoms with Crippen molar-refractivity contribution in [1.82, 2.24) is 9.88 Å². The third-order valence-electron chi connectivity index (χ3n) is 6.74. The number of ether oxygens (including phenoxy) is 3. The van der Waals surface area contributed by atoms with Crippen molar-refractivity contribution in [3.8, 4) is 17.2 Å². The molecule has 1 aromatic heterocycles. The lowest BCUT2D eigenvalue weighted by molar-refractivity contribution is -0.119. The predicted molar refractivity (Wildman–Crippen MR) is 150 cm³/mol. The smallest absolute Gasteiger partial charge is 0.254 e. The van der Waals surface area contributed by atoms with Gasteiger partial charge in [0.1, 0.15) is 5.75 Å². The van der Waals surface area contributed by atoms with Gasteiger partial charge in [0.15, 0.2) is 16.6 Å². The van der Waals surface area contributed by atoms with E-state index in [0.717, 1.165) is 26.4 Å². The summed E-state index contributed by atoms with van der Waals surface area (Å²) in [6.07, 6.45) is 2.00. The molecule has 3 aromatic carbocycles. The number of rotatable bonds is 7. The maximum atomic E-state index is 14.1. The van der Waals surface area contributed by atoms with E-state index >= 15 is 0 Å². The molecule has 0 bridgehead atoms. The minimum Gasteiger partial charge on any atom is -0.497 e. The predicted octanol–water partition coefficient (Wildman–Crippen LogP) is 5.59. The van der Waals surface area contributed by atoms with Crippen LogP contribution in [-0.4, -0.2) is 56.3 Å². The van der Waals surface area contributed by atoms with E-state index in [1.807, 2.05) is 48.7 Å². The number of amides is 2. The van der Waals surface area contributed by atoms with E-state index < -0.39 is 12.0 Å². The van der Waals surface area contributed by atoms with Gasteiger partial charge in [-0.3, -0.25) is 9.59 Å². The van der Waals surface area contributed by atoms with Gasteiger partial charge in [0.25, 0.3) is 5.91 Å². The number of hydrogen-bond donors (Lipinski definition) is 1. The Labute approximate surface area is 228 Å². The van der Waals surface area contributed by atoms with E-state index in [1.54, 1.807) is 43.0 Å². The molecule has 10 heteroatoms. The molecule has 2 heterocycles. The maximum Gasteiger partial charge on any atom is 0.254 e. The molecule has 5 rings (SSSR count). The van der Waals surface area contributed by atoms with Crippen LogP contribution in [0.25, 0.3) is 10.2 Å². The van der Waals surface area contributed by atoms with Gasteiger partial charge in [0.2, 0.25) is 5.91 Å². The van der Waals surface area contributed by atoms with Gasteiger partial charge in [-0.25, -0.2) is 4.98 Å². The van der Waals surface area contributed by atoms with Crippen LogP contribution in [0.2, 0.25) is 0 Å². The molecule has 0 aliphatic carbocycles. The van der Waals surface area contributed by atoms with Crippen molar-refractivity contribution in [3.63, 3.8) is 0 Å². The number of thioether (sulfide) groups is 1. The van der Waals surface area contributed by atoms with Crippen molar-refractivity contribution in [2.45, 2.75) is 16.9 Å². The number of nitrogens with one attached hydrogen (secondary N) is 1. The van der Waals surface area contributed by atoms with Crippen LogP contribution >= 0.6 is 23.1 Å². The second-order valence-corrected chi connectivity index (χ2v) is 10.7. The van der Waals surface area contributed by atoms with Crippen molar-refractivity contribution in [2.24, 2.45) is 0 Å². The van der Waals surface area contributed by atoms with Crippen LogP contribution in [0.1, 0.15) is 33.4 Å². The van der Waals surface area contributed by atoms with Crippen molar-refractivity contribution in [1.29, 1.82) is 0 Å². The van der Waals surface area contributed by atoms with Crippen LogP contribution in [-0.2, 0) is 4.79 Å². The standard InChI is InChI=1S/C28H27N3O5S2/c1-31-25(15-6-9-17(37-5)10-7-15)24(18-13-21(35-3)22(36-4)14-19(18)27(31)33)26(32)30-28-29-20-11-8-16(34-2)12-23(20)38-28/h6-14,24-25H,1-5H3,(H,29,30,32)/t24-,25+/m1/s1. The Morgan fingerprint density at radius 3 is 2.37 bits per heavy atom. The fourth-order valence-corrected chi connectivity index (χ4v) is 6.12. The van der Waals surface area contributed by atoms with Gasteiger partial charge in [-0.15, -0.1) is 11.8 Å². The number of fused-ring (bicyclic) bond motifs is 2. The topological polar surface area (TPSA) is 90.0 Å². The van der Waals surface area contributed by atoms with Crippen LogP contribution in [0.15, 0.2) is 59.5 Å². The summed E-state index contributed by atoms with van der Waals surface area (Å²) in [6, 6.07) is 16.3. The Morgan fingerprint density at radius 1 is 1.00 bits per heavy atom. The quantitative estimate of drug-likeness (QED) is 0.301. The highest BCUT2D eigenvalue weighted by Crippen LogP contribution is 2.46. The minimum absolute atomic E-state index is 0.198. The molecule has 2 amide bonds. The molecular formula is C28H27N3O5S2. The molecule has 0 spiro atoms. The zero-order chi connectivity index (χ0) is 27.0. The summed E-state index contributed by atoms with van der Waals surface area (Å²) < 4.78 is 17.2. The summed E-state index contributed by atoms with van der Waals surface area (Å²) in [5, 5.41) is 3.49. The number of benzene rings is 3. The molecule has 0 unspecified atom stereocenters. The minimum atomic E-state index is -0.728. The highest BCUT2D eigenvalue weighted by molar-refractivity contribution is 7.98. The first-order valence-electron chi connectivity index (χ1n) is 11.8. The molecule has 196 valence electrons. The fourth-order valence-electron chi connectivity index (χ4n) is 4.82. The van der Waals surface area contributed by atoms with Gasteiger partial charge >= 0.3 is 0 Å². The molecule has 38 heavy (non-hydrogen) atoms.